The maximum atomic E-state index is 11.6. The van der Waals surface area contributed by atoms with E-state index in [4.69, 9.17) is 14.6 Å². The lowest BCUT2D eigenvalue weighted by atomic mass is 10.1. The summed E-state index contributed by atoms with van der Waals surface area (Å²) in [6, 6.07) is 13.3. The zero-order chi connectivity index (χ0) is 22.7. The van der Waals surface area contributed by atoms with Crippen LogP contribution >= 0.6 is 0 Å². The zero-order valence-corrected chi connectivity index (χ0v) is 18.1. The smallest absolute Gasteiger partial charge is 0.238 e. The number of nitrogens with zero attached hydrogens (tertiary/aromatic N) is 3. The number of rotatable bonds is 7. The van der Waals surface area contributed by atoms with Gasteiger partial charge in [-0.3, -0.25) is 5.10 Å². The van der Waals surface area contributed by atoms with Crippen LogP contribution in [0.15, 0.2) is 65.8 Å². The Bertz CT molecular complexity index is 1350. The molecule has 0 spiro atoms. The van der Waals surface area contributed by atoms with Crippen LogP contribution in [-0.4, -0.2) is 42.8 Å². The van der Waals surface area contributed by atoms with Crippen LogP contribution in [0.25, 0.3) is 22.5 Å². The van der Waals surface area contributed by atoms with Gasteiger partial charge in [0.15, 0.2) is 0 Å². The molecule has 0 bridgehead atoms. The molecular weight excluding hydrogens is 432 g/mol. The molecule has 2 aromatic carbocycles. The predicted molar refractivity (Wildman–Crippen MR) is 119 cm³/mol. The maximum absolute atomic E-state index is 11.6. The molecule has 2 aromatic heterocycles. The fourth-order valence-electron chi connectivity index (χ4n) is 3.10. The minimum Gasteiger partial charge on any atom is -0.497 e. The molecule has 164 valence electrons. The number of nitrogens with two attached hydrogens (primary N) is 1. The van der Waals surface area contributed by atoms with Gasteiger partial charge in [0.05, 0.1) is 36.7 Å². The van der Waals surface area contributed by atoms with Crippen LogP contribution in [0.3, 0.4) is 0 Å². The molecule has 0 fully saturated rings. The van der Waals surface area contributed by atoms with Gasteiger partial charge >= 0.3 is 0 Å². The van der Waals surface area contributed by atoms with E-state index in [1.807, 2.05) is 12.1 Å². The van der Waals surface area contributed by atoms with Crippen LogP contribution in [0, 0.1) is 0 Å². The number of methoxy groups -OCH3 is 2. The van der Waals surface area contributed by atoms with Crippen LogP contribution in [0.1, 0.15) is 0 Å². The van der Waals surface area contributed by atoms with E-state index in [9.17, 15) is 8.42 Å². The van der Waals surface area contributed by atoms with Crippen molar-refractivity contribution < 1.29 is 17.9 Å². The van der Waals surface area contributed by atoms with Crippen molar-refractivity contribution in [2.75, 3.05) is 19.5 Å². The molecule has 4 N–H and O–H groups in total. The summed E-state index contributed by atoms with van der Waals surface area (Å²) in [5.41, 5.74) is 3.36. The SMILES string of the molecule is COc1cc(OC)cc(-c2[nH]ncc2-c2ccnc(Nc3cccc(S(N)(=O)=O)c3)n2)c1. The zero-order valence-electron chi connectivity index (χ0n) is 17.2. The molecule has 32 heavy (non-hydrogen) atoms. The summed E-state index contributed by atoms with van der Waals surface area (Å²) in [4.78, 5) is 8.76. The van der Waals surface area contributed by atoms with E-state index >= 15 is 0 Å². The quantitative estimate of drug-likeness (QED) is 0.388. The molecule has 0 atom stereocenters. The standard InChI is InChI=1S/C21H20N6O4S/c1-30-15-8-13(9-16(11-15)31-2)20-18(12-24-27-20)19-6-7-23-21(26-19)25-14-4-3-5-17(10-14)32(22,28)29/h3-12H,1-2H3,(H,24,27)(H2,22,28,29)(H,23,25,26). The van der Waals surface area contributed by atoms with Gasteiger partial charge in [-0.05, 0) is 36.4 Å². The van der Waals surface area contributed by atoms with Gasteiger partial charge in [0, 0.05) is 29.1 Å². The first kappa shape index (κ1) is 21.3. The molecule has 0 unspecified atom stereocenters. The summed E-state index contributed by atoms with van der Waals surface area (Å²) in [6.07, 6.45) is 3.26. The van der Waals surface area contributed by atoms with Crippen LogP contribution < -0.4 is 19.9 Å². The van der Waals surface area contributed by atoms with Gasteiger partial charge in [0.2, 0.25) is 16.0 Å². The molecule has 0 aliphatic carbocycles. The number of nitrogens with one attached hydrogen (secondary N) is 2. The van der Waals surface area contributed by atoms with Crippen molar-refractivity contribution in [3.8, 4) is 34.0 Å². The lowest BCUT2D eigenvalue weighted by Gasteiger charge is -2.10. The Hall–Kier alpha value is -3.96. The second kappa shape index (κ2) is 8.65. The minimum absolute atomic E-state index is 0.0113. The Morgan fingerprint density at radius 1 is 1.03 bits per heavy atom. The van der Waals surface area contributed by atoms with Gasteiger partial charge in [-0.15, -0.1) is 0 Å². The number of aromatic amines is 1. The van der Waals surface area contributed by atoms with E-state index in [2.05, 4.69) is 25.5 Å². The molecule has 0 radical (unpaired) electrons. The Labute approximate surface area is 184 Å². The highest BCUT2D eigenvalue weighted by Gasteiger charge is 2.15. The monoisotopic (exact) mass is 452 g/mol. The number of H-pyrrole nitrogens is 1. The highest BCUT2D eigenvalue weighted by Crippen LogP contribution is 2.34. The van der Waals surface area contributed by atoms with Crippen LogP contribution in [0.2, 0.25) is 0 Å². The minimum atomic E-state index is -3.82. The van der Waals surface area contributed by atoms with E-state index in [-0.39, 0.29) is 10.8 Å². The topological polar surface area (TPSA) is 145 Å². The third-order valence-electron chi connectivity index (χ3n) is 4.63. The van der Waals surface area contributed by atoms with Gasteiger partial charge in [0.1, 0.15) is 11.5 Å². The summed E-state index contributed by atoms with van der Waals surface area (Å²) < 4.78 is 33.9. The van der Waals surface area contributed by atoms with Gasteiger partial charge in [-0.2, -0.15) is 5.10 Å². The number of primary sulfonamides is 1. The number of benzene rings is 2. The van der Waals surface area contributed by atoms with Crippen LogP contribution in [0.4, 0.5) is 11.6 Å². The molecule has 0 aliphatic heterocycles. The fraction of sp³-hybridized carbons (Fsp3) is 0.0952. The molecule has 10 nitrogen and oxygen atoms in total. The summed E-state index contributed by atoms with van der Waals surface area (Å²) in [5, 5.41) is 15.4. The lowest BCUT2D eigenvalue weighted by Crippen LogP contribution is -2.12. The van der Waals surface area contributed by atoms with Gasteiger partial charge < -0.3 is 14.8 Å². The Morgan fingerprint density at radius 3 is 2.47 bits per heavy atom. The number of hydrogen-bond donors (Lipinski definition) is 3. The second-order valence-corrected chi connectivity index (χ2v) is 8.28. The second-order valence-electron chi connectivity index (χ2n) is 6.72. The van der Waals surface area contributed by atoms with Gasteiger partial charge in [0.25, 0.3) is 0 Å². The normalized spacial score (nSPS) is 11.2. The third-order valence-corrected chi connectivity index (χ3v) is 5.54. The summed E-state index contributed by atoms with van der Waals surface area (Å²) >= 11 is 0. The molecule has 0 amide bonds. The third kappa shape index (κ3) is 4.53. The highest BCUT2D eigenvalue weighted by atomic mass is 32.2. The van der Waals surface area contributed by atoms with Gasteiger partial charge in [-0.1, -0.05) is 6.07 Å². The molecular formula is C21H20N6O4S. The average Bonchev–Trinajstić information content (AvgIpc) is 3.28. The van der Waals surface area contributed by atoms with E-state index in [1.165, 1.54) is 12.1 Å². The average molecular weight is 452 g/mol. The van der Waals surface area contributed by atoms with E-state index in [0.29, 0.717) is 22.9 Å². The summed E-state index contributed by atoms with van der Waals surface area (Å²) in [6.45, 7) is 0. The first-order chi connectivity index (χ1) is 15.4. The number of aromatic nitrogens is 4. The Kier molecular flexibility index (Phi) is 5.75. The molecule has 4 aromatic rings. The number of hydrogen-bond acceptors (Lipinski definition) is 8. The van der Waals surface area contributed by atoms with Crippen LogP contribution in [-0.2, 0) is 10.0 Å². The first-order valence-electron chi connectivity index (χ1n) is 9.37. The number of anilines is 2. The van der Waals surface area contributed by atoms with Crippen molar-refractivity contribution in [3.63, 3.8) is 0 Å². The van der Waals surface area contributed by atoms with E-state index in [1.54, 1.807) is 50.9 Å². The van der Waals surface area contributed by atoms with Crippen molar-refractivity contribution in [3.05, 3.63) is 60.9 Å². The Balaban J connectivity index is 1.69. The molecule has 0 aliphatic rings. The lowest BCUT2D eigenvalue weighted by molar-refractivity contribution is 0.394. The van der Waals surface area contributed by atoms with Crippen molar-refractivity contribution >= 4 is 21.7 Å². The molecule has 0 saturated heterocycles. The summed E-state index contributed by atoms with van der Waals surface area (Å²) in [5.74, 6) is 1.56. The van der Waals surface area contributed by atoms with Crippen molar-refractivity contribution in [1.82, 2.24) is 20.2 Å². The van der Waals surface area contributed by atoms with Crippen molar-refractivity contribution in [2.45, 2.75) is 4.90 Å². The summed E-state index contributed by atoms with van der Waals surface area (Å²) in [7, 11) is -0.657. The highest BCUT2D eigenvalue weighted by molar-refractivity contribution is 7.89. The predicted octanol–water partition coefficient (Wildman–Crippen LogP) is 2.94. The number of sulfonamides is 1. The van der Waals surface area contributed by atoms with E-state index < -0.39 is 10.0 Å². The Morgan fingerprint density at radius 2 is 1.78 bits per heavy atom. The van der Waals surface area contributed by atoms with Crippen molar-refractivity contribution in [2.24, 2.45) is 5.14 Å². The van der Waals surface area contributed by atoms with E-state index in [0.717, 1.165) is 16.8 Å². The molecule has 0 saturated carbocycles. The fourth-order valence-corrected chi connectivity index (χ4v) is 3.66. The van der Waals surface area contributed by atoms with Crippen molar-refractivity contribution in [1.29, 1.82) is 0 Å². The number of ether oxygens (including phenoxy) is 2. The molecule has 2 heterocycles. The molecule has 4 rings (SSSR count). The first-order valence-corrected chi connectivity index (χ1v) is 10.9. The van der Waals surface area contributed by atoms with Crippen LogP contribution in [0.5, 0.6) is 11.5 Å². The van der Waals surface area contributed by atoms with Gasteiger partial charge in [-0.25, -0.2) is 23.5 Å². The maximum Gasteiger partial charge on any atom is 0.238 e. The molecule has 11 heteroatoms. The largest absolute Gasteiger partial charge is 0.497 e.